The van der Waals surface area contributed by atoms with Gasteiger partial charge in [-0.15, -0.1) is 0 Å². The molecule has 0 bridgehead atoms. The van der Waals surface area contributed by atoms with Gasteiger partial charge in [0.25, 0.3) is 5.89 Å². The van der Waals surface area contributed by atoms with Gasteiger partial charge in [0.05, 0.1) is 24.4 Å². The van der Waals surface area contributed by atoms with Gasteiger partial charge in [0.15, 0.2) is 0 Å². The Bertz CT molecular complexity index is 1480. The lowest BCUT2D eigenvalue weighted by molar-refractivity contribution is 0.244. The number of halogens is 2. The Kier molecular flexibility index (Phi) is 5.97. The molecule has 182 valence electrons. The maximum atomic E-state index is 14.4. The van der Waals surface area contributed by atoms with Crippen molar-refractivity contribution in [3.63, 3.8) is 0 Å². The number of aromatic nitrogens is 2. The van der Waals surface area contributed by atoms with Crippen LogP contribution >= 0.6 is 0 Å². The van der Waals surface area contributed by atoms with Crippen LogP contribution in [0.1, 0.15) is 30.0 Å². The number of carbonyl (C=O) groups is 1. The van der Waals surface area contributed by atoms with E-state index >= 15 is 0 Å². The first kappa shape index (κ1) is 23.2. The van der Waals surface area contributed by atoms with Gasteiger partial charge in [-0.3, -0.25) is 4.90 Å². The number of urea groups is 1. The number of hydrogen-bond donors (Lipinski definition) is 1. The van der Waals surface area contributed by atoms with Crippen LogP contribution < -0.4 is 15.0 Å². The summed E-state index contributed by atoms with van der Waals surface area (Å²) in [7, 11) is 1.56. The Morgan fingerprint density at radius 1 is 1.03 bits per heavy atom. The standard InChI is InChI=1S/C27H22F2N4O3/c1-15-7-12-20(14-22(15)29)33-16(2)23(24(30-27(33)34)18-5-4-6-21(13-18)35-3)26-31-25(32-36-26)17-8-10-19(28)11-9-17/h4-14,24H,1-3H3,(H,30,34). The fourth-order valence-corrected chi connectivity index (χ4v) is 4.17. The zero-order chi connectivity index (χ0) is 25.4. The second-order valence-corrected chi connectivity index (χ2v) is 8.36. The van der Waals surface area contributed by atoms with Gasteiger partial charge in [-0.05, 0) is 73.5 Å². The van der Waals surface area contributed by atoms with Crippen LogP contribution in [0.2, 0.25) is 0 Å². The molecule has 7 nitrogen and oxygen atoms in total. The van der Waals surface area contributed by atoms with Crippen LogP contribution in [0.25, 0.3) is 17.0 Å². The van der Waals surface area contributed by atoms with E-state index in [0.717, 1.165) is 5.56 Å². The molecule has 2 heterocycles. The van der Waals surface area contributed by atoms with Crippen molar-refractivity contribution in [2.75, 3.05) is 12.0 Å². The quantitative estimate of drug-likeness (QED) is 0.371. The van der Waals surface area contributed by atoms with Crippen LogP contribution in [0, 0.1) is 18.6 Å². The fraction of sp³-hybridized carbons (Fsp3) is 0.148. The number of rotatable bonds is 5. The molecule has 0 spiro atoms. The molecule has 9 heteroatoms. The van der Waals surface area contributed by atoms with Crippen LogP contribution in [-0.2, 0) is 0 Å². The first-order chi connectivity index (χ1) is 17.4. The van der Waals surface area contributed by atoms with Crippen molar-refractivity contribution < 1.29 is 22.8 Å². The normalized spacial score (nSPS) is 15.8. The largest absolute Gasteiger partial charge is 0.497 e. The fourth-order valence-electron chi connectivity index (χ4n) is 4.17. The number of ether oxygens (including phenoxy) is 1. The van der Waals surface area contributed by atoms with Crippen molar-refractivity contribution in [2.45, 2.75) is 19.9 Å². The maximum Gasteiger partial charge on any atom is 0.327 e. The Labute approximate surface area is 206 Å². The number of anilines is 1. The number of allylic oxidation sites excluding steroid dienone is 1. The number of methoxy groups -OCH3 is 1. The predicted octanol–water partition coefficient (Wildman–Crippen LogP) is 6.03. The molecule has 4 aromatic rings. The zero-order valence-electron chi connectivity index (χ0n) is 19.8. The molecule has 5 rings (SSSR count). The zero-order valence-corrected chi connectivity index (χ0v) is 19.8. The van der Waals surface area contributed by atoms with Crippen LogP contribution in [0.3, 0.4) is 0 Å². The van der Waals surface area contributed by atoms with E-state index < -0.39 is 17.9 Å². The lowest BCUT2D eigenvalue weighted by Crippen LogP contribution is -2.46. The third-order valence-electron chi connectivity index (χ3n) is 6.08. The van der Waals surface area contributed by atoms with Gasteiger partial charge in [0, 0.05) is 11.3 Å². The van der Waals surface area contributed by atoms with E-state index in [2.05, 4.69) is 15.5 Å². The highest BCUT2D eigenvalue weighted by atomic mass is 19.1. The summed E-state index contributed by atoms with van der Waals surface area (Å²) in [5, 5.41) is 7.05. The minimum atomic E-state index is -0.652. The molecule has 0 fully saturated rings. The van der Waals surface area contributed by atoms with E-state index in [9.17, 15) is 13.6 Å². The summed E-state index contributed by atoms with van der Waals surface area (Å²) in [6.07, 6.45) is 0. The Balaban J connectivity index is 1.66. The highest BCUT2D eigenvalue weighted by molar-refractivity contribution is 6.01. The van der Waals surface area contributed by atoms with Crippen molar-refractivity contribution in [1.29, 1.82) is 0 Å². The summed E-state index contributed by atoms with van der Waals surface area (Å²) in [5.74, 6) is 0.229. The summed E-state index contributed by atoms with van der Waals surface area (Å²) in [4.78, 5) is 19.2. The molecule has 2 amide bonds. The minimum Gasteiger partial charge on any atom is -0.497 e. The molecule has 0 aliphatic carbocycles. The molecule has 1 N–H and O–H groups in total. The van der Waals surface area contributed by atoms with Crippen molar-refractivity contribution in [3.8, 4) is 17.1 Å². The van der Waals surface area contributed by atoms with Crippen LogP contribution in [-0.4, -0.2) is 23.3 Å². The monoisotopic (exact) mass is 488 g/mol. The van der Waals surface area contributed by atoms with Crippen LogP contribution in [0.5, 0.6) is 5.75 Å². The smallest absolute Gasteiger partial charge is 0.327 e. The highest BCUT2D eigenvalue weighted by Gasteiger charge is 2.37. The number of nitrogens with one attached hydrogen (secondary N) is 1. The van der Waals surface area contributed by atoms with E-state index in [4.69, 9.17) is 9.26 Å². The predicted molar refractivity (Wildman–Crippen MR) is 130 cm³/mol. The van der Waals surface area contributed by atoms with Gasteiger partial charge in [-0.1, -0.05) is 23.4 Å². The molecule has 1 unspecified atom stereocenters. The Morgan fingerprint density at radius 3 is 2.53 bits per heavy atom. The molecule has 1 aliphatic heterocycles. The molecular formula is C27H22F2N4O3. The SMILES string of the molecule is COc1cccc(C2NC(=O)N(c3ccc(C)c(F)c3)C(C)=C2c2nc(-c3ccc(F)cc3)no2)c1. The summed E-state index contributed by atoms with van der Waals surface area (Å²) < 4.78 is 38.8. The lowest BCUT2D eigenvalue weighted by atomic mass is 9.94. The Hall–Kier alpha value is -4.53. The average Bonchev–Trinajstić information content (AvgIpc) is 3.36. The second-order valence-electron chi connectivity index (χ2n) is 8.36. The van der Waals surface area contributed by atoms with Crippen molar-refractivity contribution in [1.82, 2.24) is 15.5 Å². The van der Waals surface area contributed by atoms with Crippen LogP contribution in [0.15, 0.2) is 77.0 Å². The number of amides is 2. The second kappa shape index (κ2) is 9.26. The van der Waals surface area contributed by atoms with Crippen LogP contribution in [0.4, 0.5) is 19.3 Å². The van der Waals surface area contributed by atoms with E-state index in [1.807, 2.05) is 12.1 Å². The van der Waals surface area contributed by atoms with Gasteiger partial charge in [0.2, 0.25) is 5.82 Å². The van der Waals surface area contributed by atoms with Gasteiger partial charge >= 0.3 is 6.03 Å². The number of benzene rings is 3. The van der Waals surface area contributed by atoms with Gasteiger partial charge in [-0.25, -0.2) is 13.6 Å². The molecule has 3 aromatic carbocycles. The molecule has 0 saturated heterocycles. The average molecular weight is 488 g/mol. The molecule has 1 aliphatic rings. The number of hydrogen-bond acceptors (Lipinski definition) is 5. The van der Waals surface area contributed by atoms with Crippen molar-refractivity contribution >= 4 is 17.3 Å². The van der Waals surface area contributed by atoms with E-state index in [1.54, 1.807) is 57.4 Å². The Morgan fingerprint density at radius 2 is 1.81 bits per heavy atom. The topological polar surface area (TPSA) is 80.5 Å². The number of aryl methyl sites for hydroxylation is 1. The summed E-state index contributed by atoms with van der Waals surface area (Å²) >= 11 is 0. The van der Waals surface area contributed by atoms with Crippen molar-refractivity contribution in [3.05, 3.63) is 101 Å². The molecule has 0 saturated carbocycles. The summed E-state index contributed by atoms with van der Waals surface area (Å²) in [6, 6.07) is 16.5. The molecular weight excluding hydrogens is 466 g/mol. The van der Waals surface area contributed by atoms with Crippen molar-refractivity contribution in [2.24, 2.45) is 0 Å². The van der Waals surface area contributed by atoms with Gasteiger partial charge < -0.3 is 14.6 Å². The van der Waals surface area contributed by atoms with E-state index in [-0.39, 0.29) is 17.5 Å². The van der Waals surface area contributed by atoms with E-state index in [0.29, 0.717) is 33.8 Å². The summed E-state index contributed by atoms with van der Waals surface area (Å²) in [5.41, 5.74) is 3.14. The molecule has 0 radical (unpaired) electrons. The molecule has 1 aromatic heterocycles. The third-order valence-corrected chi connectivity index (χ3v) is 6.08. The van der Waals surface area contributed by atoms with E-state index in [1.165, 1.54) is 23.1 Å². The first-order valence-electron chi connectivity index (χ1n) is 11.2. The van der Waals surface area contributed by atoms with Gasteiger partial charge in [-0.2, -0.15) is 4.98 Å². The third kappa shape index (κ3) is 4.19. The summed E-state index contributed by atoms with van der Waals surface area (Å²) in [6.45, 7) is 3.39. The highest BCUT2D eigenvalue weighted by Crippen LogP contribution is 2.40. The minimum absolute atomic E-state index is 0.164. The first-order valence-corrected chi connectivity index (χ1v) is 11.2. The van der Waals surface area contributed by atoms with Gasteiger partial charge in [0.1, 0.15) is 17.4 Å². The molecule has 36 heavy (non-hydrogen) atoms. The maximum absolute atomic E-state index is 14.4. The number of carbonyl (C=O) groups excluding carboxylic acids is 1. The molecule has 1 atom stereocenters. The number of nitrogens with zero attached hydrogens (tertiary/aromatic N) is 3. The lowest BCUT2D eigenvalue weighted by Gasteiger charge is -2.35.